The number of benzene rings is 2. The van der Waals surface area contributed by atoms with Crippen molar-refractivity contribution in [2.24, 2.45) is 0 Å². The molecule has 5 nitrogen and oxygen atoms in total. The van der Waals surface area contributed by atoms with Gasteiger partial charge in [-0.3, -0.25) is 10.1 Å². The number of aryl methyl sites for hydroxylation is 1. The number of non-ortho nitro benzene ring substituents is 1. The van der Waals surface area contributed by atoms with Gasteiger partial charge in [0.15, 0.2) is 5.58 Å². The van der Waals surface area contributed by atoms with Gasteiger partial charge in [0.25, 0.3) is 5.69 Å². The van der Waals surface area contributed by atoms with Gasteiger partial charge in [0.1, 0.15) is 5.52 Å². The molecule has 1 heterocycles. The number of hydrogen-bond acceptors (Lipinski definition) is 4. The maximum Gasteiger partial charge on any atom is 0.272 e. The molecule has 0 aliphatic rings. The molecule has 0 fully saturated rings. The summed E-state index contributed by atoms with van der Waals surface area (Å²) in [7, 11) is 0. The van der Waals surface area contributed by atoms with Crippen molar-refractivity contribution in [1.29, 1.82) is 0 Å². The second-order valence-electron chi connectivity index (χ2n) is 4.56. The molecule has 0 spiro atoms. The van der Waals surface area contributed by atoms with E-state index in [-0.39, 0.29) is 5.69 Å². The van der Waals surface area contributed by atoms with Crippen LogP contribution in [0, 0.1) is 10.1 Å². The molecule has 0 N–H and O–H groups in total. The Labute approximate surface area is 125 Å². The summed E-state index contributed by atoms with van der Waals surface area (Å²) in [6, 6.07) is 10.1. The summed E-state index contributed by atoms with van der Waals surface area (Å²) in [5, 5.41) is 11.5. The lowest BCUT2D eigenvalue weighted by atomic mass is 10.1. The predicted molar refractivity (Wildman–Crippen MR) is 80.5 cm³/mol. The van der Waals surface area contributed by atoms with E-state index in [0.717, 1.165) is 5.56 Å². The summed E-state index contributed by atoms with van der Waals surface area (Å²) in [5.74, 6) is 0.366. The lowest BCUT2D eigenvalue weighted by molar-refractivity contribution is -0.384. The molecule has 3 aromatic rings. The predicted octanol–water partition coefficient (Wildman–Crippen LogP) is 4.62. The standard InChI is InChI=1S/C15H11ClN2O3/c1-2-9-7-10(18(19)20)8-13-14(9)21-15(17-13)11-5-3-4-6-12(11)16/h3-8H,2H2,1H3. The summed E-state index contributed by atoms with van der Waals surface area (Å²) in [4.78, 5) is 14.9. The molecule has 3 rings (SSSR count). The number of nitrogens with zero attached hydrogens (tertiary/aromatic N) is 2. The van der Waals surface area contributed by atoms with Crippen LogP contribution in [-0.2, 0) is 6.42 Å². The third kappa shape index (κ3) is 2.36. The third-order valence-corrected chi connectivity index (χ3v) is 3.58. The van der Waals surface area contributed by atoms with Gasteiger partial charge in [-0.2, -0.15) is 0 Å². The molecule has 0 saturated carbocycles. The van der Waals surface area contributed by atoms with Crippen LogP contribution in [0.4, 0.5) is 5.69 Å². The molecule has 0 bridgehead atoms. The highest BCUT2D eigenvalue weighted by Gasteiger charge is 2.17. The first-order valence-electron chi connectivity index (χ1n) is 6.43. The quantitative estimate of drug-likeness (QED) is 0.523. The zero-order chi connectivity index (χ0) is 15.0. The number of halogens is 1. The molecule has 0 aliphatic heterocycles. The number of aromatic nitrogens is 1. The SMILES string of the molecule is CCc1cc([N+](=O)[O-])cc2nc(-c3ccccc3Cl)oc12. The zero-order valence-electron chi connectivity index (χ0n) is 11.2. The second-order valence-corrected chi connectivity index (χ2v) is 4.97. The van der Waals surface area contributed by atoms with Crippen LogP contribution in [0.5, 0.6) is 0 Å². The Hall–Kier alpha value is -2.40. The average Bonchev–Trinajstić information content (AvgIpc) is 2.90. The Morgan fingerprint density at radius 1 is 1.33 bits per heavy atom. The van der Waals surface area contributed by atoms with Crippen LogP contribution in [0.2, 0.25) is 5.02 Å². The van der Waals surface area contributed by atoms with E-state index in [1.165, 1.54) is 12.1 Å². The van der Waals surface area contributed by atoms with Crippen LogP contribution in [0.1, 0.15) is 12.5 Å². The summed E-state index contributed by atoms with van der Waals surface area (Å²) in [6.07, 6.45) is 0.620. The topological polar surface area (TPSA) is 69.2 Å². The van der Waals surface area contributed by atoms with Gasteiger partial charge in [0, 0.05) is 17.7 Å². The van der Waals surface area contributed by atoms with E-state index >= 15 is 0 Å². The molecule has 21 heavy (non-hydrogen) atoms. The van der Waals surface area contributed by atoms with E-state index < -0.39 is 4.92 Å². The van der Waals surface area contributed by atoms with Crippen molar-refractivity contribution in [2.75, 3.05) is 0 Å². The molecular formula is C15H11ClN2O3. The van der Waals surface area contributed by atoms with Crippen LogP contribution >= 0.6 is 11.6 Å². The zero-order valence-corrected chi connectivity index (χ0v) is 11.9. The fourth-order valence-corrected chi connectivity index (χ4v) is 2.42. The maximum atomic E-state index is 11.0. The monoisotopic (exact) mass is 302 g/mol. The number of fused-ring (bicyclic) bond motifs is 1. The van der Waals surface area contributed by atoms with Gasteiger partial charge in [-0.05, 0) is 18.6 Å². The summed E-state index contributed by atoms with van der Waals surface area (Å²) in [6.45, 7) is 1.91. The van der Waals surface area contributed by atoms with Crippen molar-refractivity contribution in [2.45, 2.75) is 13.3 Å². The molecule has 0 amide bonds. The highest BCUT2D eigenvalue weighted by atomic mass is 35.5. The number of rotatable bonds is 3. The van der Waals surface area contributed by atoms with E-state index in [4.69, 9.17) is 16.0 Å². The number of oxazole rings is 1. The molecule has 1 aromatic heterocycles. The maximum absolute atomic E-state index is 11.0. The summed E-state index contributed by atoms with van der Waals surface area (Å²) < 4.78 is 5.77. The third-order valence-electron chi connectivity index (χ3n) is 3.25. The first-order chi connectivity index (χ1) is 10.1. The molecular weight excluding hydrogens is 292 g/mol. The van der Waals surface area contributed by atoms with Gasteiger partial charge in [-0.15, -0.1) is 0 Å². The van der Waals surface area contributed by atoms with Crippen LogP contribution in [-0.4, -0.2) is 9.91 Å². The first-order valence-corrected chi connectivity index (χ1v) is 6.80. The number of hydrogen-bond donors (Lipinski definition) is 0. The minimum Gasteiger partial charge on any atom is -0.436 e. The lowest BCUT2D eigenvalue weighted by Gasteiger charge is -1.98. The average molecular weight is 303 g/mol. The van der Waals surface area contributed by atoms with Crippen LogP contribution in [0.3, 0.4) is 0 Å². The van der Waals surface area contributed by atoms with E-state index in [2.05, 4.69) is 4.98 Å². The van der Waals surface area contributed by atoms with Gasteiger partial charge in [-0.1, -0.05) is 30.7 Å². The van der Waals surface area contributed by atoms with Crippen molar-refractivity contribution in [1.82, 2.24) is 4.98 Å². The smallest absolute Gasteiger partial charge is 0.272 e. The van der Waals surface area contributed by atoms with Gasteiger partial charge >= 0.3 is 0 Å². The Balaban J connectivity index is 2.24. The Bertz CT molecular complexity index is 842. The van der Waals surface area contributed by atoms with Crippen LogP contribution in [0.25, 0.3) is 22.6 Å². The minimum absolute atomic E-state index is 0.0124. The molecule has 106 valence electrons. The van der Waals surface area contributed by atoms with Gasteiger partial charge < -0.3 is 4.42 Å². The van der Waals surface area contributed by atoms with Crippen LogP contribution < -0.4 is 0 Å². The normalized spacial score (nSPS) is 11.0. The van der Waals surface area contributed by atoms with E-state index in [9.17, 15) is 10.1 Å². The molecule has 0 radical (unpaired) electrons. The van der Waals surface area contributed by atoms with Crippen LogP contribution in [0.15, 0.2) is 40.8 Å². The summed E-state index contributed by atoms with van der Waals surface area (Å²) >= 11 is 6.13. The Kier molecular flexibility index (Phi) is 3.35. The van der Waals surface area contributed by atoms with Crippen molar-refractivity contribution < 1.29 is 9.34 Å². The van der Waals surface area contributed by atoms with Gasteiger partial charge in [0.2, 0.25) is 5.89 Å². The van der Waals surface area contributed by atoms with Crippen molar-refractivity contribution in [3.8, 4) is 11.5 Å². The molecule has 0 atom stereocenters. The molecule has 0 aliphatic carbocycles. The van der Waals surface area contributed by atoms with E-state index in [1.807, 2.05) is 19.1 Å². The van der Waals surface area contributed by atoms with Crippen molar-refractivity contribution in [3.05, 3.63) is 57.1 Å². The molecule has 2 aromatic carbocycles. The molecule has 0 saturated heterocycles. The van der Waals surface area contributed by atoms with E-state index in [1.54, 1.807) is 12.1 Å². The Morgan fingerprint density at radius 2 is 2.10 bits per heavy atom. The van der Waals surface area contributed by atoms with Gasteiger partial charge in [0.05, 0.1) is 15.5 Å². The van der Waals surface area contributed by atoms with E-state index in [0.29, 0.717) is 34.0 Å². The second kappa shape index (κ2) is 5.18. The first kappa shape index (κ1) is 13.6. The lowest BCUT2D eigenvalue weighted by Crippen LogP contribution is -1.90. The van der Waals surface area contributed by atoms with Crippen molar-refractivity contribution in [3.63, 3.8) is 0 Å². The highest BCUT2D eigenvalue weighted by Crippen LogP contribution is 2.33. The Morgan fingerprint density at radius 3 is 2.76 bits per heavy atom. The van der Waals surface area contributed by atoms with Gasteiger partial charge in [-0.25, -0.2) is 4.98 Å². The fraction of sp³-hybridized carbons (Fsp3) is 0.133. The van der Waals surface area contributed by atoms with Crippen molar-refractivity contribution >= 4 is 28.4 Å². The summed E-state index contributed by atoms with van der Waals surface area (Å²) in [5.41, 5.74) is 2.47. The fourth-order valence-electron chi connectivity index (χ4n) is 2.20. The minimum atomic E-state index is -0.428. The highest BCUT2D eigenvalue weighted by molar-refractivity contribution is 6.33. The number of nitro benzene ring substituents is 1. The molecule has 6 heteroatoms. The largest absolute Gasteiger partial charge is 0.436 e. The number of nitro groups is 1. The molecule has 0 unspecified atom stereocenters.